The normalized spacial score (nSPS) is 11.9. The zero-order valence-electron chi connectivity index (χ0n) is 17.4. The second-order valence-electron chi connectivity index (χ2n) is 7.36. The van der Waals surface area contributed by atoms with Crippen LogP contribution >= 0.6 is 0 Å². The zero-order valence-corrected chi connectivity index (χ0v) is 17.4. The third kappa shape index (κ3) is 11.0. The molecule has 0 bridgehead atoms. The smallest absolute Gasteiger partial charge is 0.407 e. The average molecular weight is 379 g/mol. The number of nitrogens with zero attached hydrogens (tertiary/aromatic N) is 1. The third-order valence-corrected chi connectivity index (χ3v) is 3.14. The molecule has 0 fully saturated rings. The van der Waals surface area contributed by atoms with E-state index >= 15 is 0 Å². The number of amides is 1. The lowest BCUT2D eigenvalue weighted by atomic mass is 10.2. The number of benzene rings is 1. The van der Waals surface area contributed by atoms with Crippen LogP contribution in [0.2, 0.25) is 0 Å². The average Bonchev–Trinajstić information content (AvgIpc) is 2.55. The Balaban J connectivity index is 2.44. The van der Waals surface area contributed by atoms with E-state index in [1.165, 1.54) is 0 Å². The maximum atomic E-state index is 11.6. The monoisotopic (exact) mass is 378 g/mol. The molecule has 0 spiro atoms. The predicted octanol–water partition coefficient (Wildman–Crippen LogP) is 3.05. The molecule has 27 heavy (non-hydrogen) atoms. The first-order chi connectivity index (χ1) is 12.7. The highest BCUT2D eigenvalue weighted by Crippen LogP contribution is 2.14. The van der Waals surface area contributed by atoms with Crippen LogP contribution in [0.3, 0.4) is 0 Å². The van der Waals surface area contributed by atoms with E-state index < -0.39 is 11.7 Å². The highest BCUT2D eigenvalue weighted by atomic mass is 16.6. The molecule has 1 aromatic rings. The standard InChI is InChI=1S/C20H34N4O3/c1-7-21-18(22-12-13-23-19(25)27-20(4,5)6)24-14-16-8-10-17(11-9-16)26-15(2)3/h8-11,15H,7,12-14H2,1-6H3,(H,23,25)(H2,21,22,24). The predicted molar refractivity (Wildman–Crippen MR) is 109 cm³/mol. The first kappa shape index (κ1) is 22.6. The summed E-state index contributed by atoms with van der Waals surface area (Å²) >= 11 is 0. The lowest BCUT2D eigenvalue weighted by Crippen LogP contribution is -2.42. The van der Waals surface area contributed by atoms with E-state index in [4.69, 9.17) is 9.47 Å². The van der Waals surface area contributed by atoms with Gasteiger partial charge in [-0.05, 0) is 59.2 Å². The maximum absolute atomic E-state index is 11.6. The number of alkyl carbamates (subject to hydrolysis) is 1. The lowest BCUT2D eigenvalue weighted by molar-refractivity contribution is 0.0529. The molecule has 1 amide bonds. The number of rotatable bonds is 8. The molecule has 0 aromatic heterocycles. The number of nitrogens with one attached hydrogen (secondary N) is 3. The van der Waals surface area contributed by atoms with Crippen LogP contribution < -0.4 is 20.7 Å². The van der Waals surface area contributed by atoms with Crippen molar-refractivity contribution in [1.82, 2.24) is 16.0 Å². The van der Waals surface area contributed by atoms with Gasteiger partial charge in [0.15, 0.2) is 5.96 Å². The van der Waals surface area contributed by atoms with Crippen molar-refractivity contribution in [3.05, 3.63) is 29.8 Å². The number of hydrogen-bond acceptors (Lipinski definition) is 4. The summed E-state index contributed by atoms with van der Waals surface area (Å²) in [6, 6.07) is 7.93. The van der Waals surface area contributed by atoms with Gasteiger partial charge in [-0.2, -0.15) is 0 Å². The molecular formula is C20H34N4O3. The summed E-state index contributed by atoms with van der Waals surface area (Å²) in [5.41, 5.74) is 0.596. The zero-order chi connectivity index (χ0) is 20.3. The minimum absolute atomic E-state index is 0.160. The largest absolute Gasteiger partial charge is 0.491 e. The molecule has 152 valence electrons. The summed E-state index contributed by atoms with van der Waals surface area (Å²) in [6.07, 6.45) is -0.261. The van der Waals surface area contributed by atoms with E-state index in [-0.39, 0.29) is 6.10 Å². The SMILES string of the molecule is CCNC(=NCc1ccc(OC(C)C)cc1)NCCNC(=O)OC(C)(C)C. The fourth-order valence-electron chi connectivity index (χ4n) is 2.12. The van der Waals surface area contributed by atoms with Crippen molar-refractivity contribution >= 4 is 12.1 Å². The molecule has 3 N–H and O–H groups in total. The third-order valence-electron chi connectivity index (χ3n) is 3.14. The summed E-state index contributed by atoms with van der Waals surface area (Å²) in [5.74, 6) is 1.56. The molecule has 0 saturated carbocycles. The van der Waals surface area contributed by atoms with E-state index in [1.54, 1.807) is 0 Å². The Hall–Kier alpha value is -2.44. The Kier molecular flexibility index (Phi) is 9.47. The number of aliphatic imine (C=N–C) groups is 1. The summed E-state index contributed by atoms with van der Waals surface area (Å²) < 4.78 is 10.8. The number of carbonyl (C=O) groups excluding carboxylic acids is 1. The summed E-state index contributed by atoms with van der Waals surface area (Å²) in [6.45, 7) is 13.8. The van der Waals surface area contributed by atoms with Gasteiger partial charge >= 0.3 is 6.09 Å². The van der Waals surface area contributed by atoms with Gasteiger partial charge in [0.2, 0.25) is 0 Å². The molecular weight excluding hydrogens is 344 g/mol. The van der Waals surface area contributed by atoms with Crippen molar-refractivity contribution in [3.8, 4) is 5.75 Å². The van der Waals surface area contributed by atoms with Gasteiger partial charge in [-0.3, -0.25) is 0 Å². The van der Waals surface area contributed by atoms with Gasteiger partial charge in [0.25, 0.3) is 0 Å². The van der Waals surface area contributed by atoms with Crippen LogP contribution in [0.4, 0.5) is 4.79 Å². The number of guanidine groups is 1. The fourth-order valence-corrected chi connectivity index (χ4v) is 2.12. The van der Waals surface area contributed by atoms with Gasteiger partial charge in [-0.1, -0.05) is 12.1 Å². The Morgan fingerprint density at radius 2 is 1.70 bits per heavy atom. The topological polar surface area (TPSA) is 84.0 Å². The molecule has 7 heteroatoms. The highest BCUT2D eigenvalue weighted by Gasteiger charge is 2.15. The Bertz CT molecular complexity index is 592. The molecule has 0 saturated heterocycles. The second kappa shape index (κ2) is 11.3. The van der Waals surface area contributed by atoms with E-state index in [1.807, 2.05) is 65.8 Å². The van der Waals surface area contributed by atoms with Crippen molar-refractivity contribution < 1.29 is 14.3 Å². The van der Waals surface area contributed by atoms with E-state index in [2.05, 4.69) is 20.9 Å². The van der Waals surface area contributed by atoms with Gasteiger partial charge in [-0.15, -0.1) is 0 Å². The highest BCUT2D eigenvalue weighted by molar-refractivity contribution is 5.79. The van der Waals surface area contributed by atoms with E-state index in [0.29, 0.717) is 25.6 Å². The van der Waals surface area contributed by atoms with Crippen LogP contribution in [0.25, 0.3) is 0 Å². The number of carbonyl (C=O) groups is 1. The van der Waals surface area contributed by atoms with Crippen LogP contribution in [0.15, 0.2) is 29.3 Å². The fraction of sp³-hybridized carbons (Fsp3) is 0.600. The molecule has 0 aliphatic carbocycles. The molecule has 7 nitrogen and oxygen atoms in total. The minimum atomic E-state index is -0.496. The van der Waals surface area contributed by atoms with Crippen LogP contribution in [-0.4, -0.2) is 43.4 Å². The summed E-state index contributed by atoms with van der Waals surface area (Å²) in [5, 5.41) is 9.09. The number of ether oxygens (including phenoxy) is 2. The molecule has 0 heterocycles. The van der Waals surface area contributed by atoms with Crippen molar-refractivity contribution in [1.29, 1.82) is 0 Å². The molecule has 0 aliphatic heterocycles. The van der Waals surface area contributed by atoms with Crippen LogP contribution in [-0.2, 0) is 11.3 Å². The molecule has 1 rings (SSSR count). The van der Waals surface area contributed by atoms with Gasteiger partial charge < -0.3 is 25.4 Å². The summed E-state index contributed by atoms with van der Waals surface area (Å²) in [7, 11) is 0. The Labute approximate surface area is 162 Å². The van der Waals surface area contributed by atoms with E-state index in [9.17, 15) is 4.79 Å². The van der Waals surface area contributed by atoms with Gasteiger partial charge in [0.1, 0.15) is 11.4 Å². The summed E-state index contributed by atoms with van der Waals surface area (Å²) in [4.78, 5) is 16.2. The molecule has 1 aromatic carbocycles. The Morgan fingerprint density at radius 3 is 2.26 bits per heavy atom. The van der Waals surface area contributed by atoms with Crippen LogP contribution in [0, 0.1) is 0 Å². The van der Waals surface area contributed by atoms with Crippen molar-refractivity contribution in [3.63, 3.8) is 0 Å². The van der Waals surface area contributed by atoms with Crippen molar-refractivity contribution in [2.75, 3.05) is 19.6 Å². The first-order valence-corrected chi connectivity index (χ1v) is 9.44. The lowest BCUT2D eigenvalue weighted by Gasteiger charge is -2.19. The maximum Gasteiger partial charge on any atom is 0.407 e. The first-order valence-electron chi connectivity index (χ1n) is 9.44. The molecule has 0 aliphatic rings. The van der Waals surface area contributed by atoms with E-state index in [0.717, 1.165) is 17.9 Å². The minimum Gasteiger partial charge on any atom is -0.491 e. The van der Waals surface area contributed by atoms with Gasteiger partial charge in [0.05, 0.1) is 12.6 Å². The Morgan fingerprint density at radius 1 is 1.07 bits per heavy atom. The molecule has 0 radical (unpaired) electrons. The van der Waals surface area contributed by atoms with Crippen molar-refractivity contribution in [2.24, 2.45) is 4.99 Å². The molecule has 0 unspecified atom stereocenters. The van der Waals surface area contributed by atoms with Gasteiger partial charge in [-0.25, -0.2) is 9.79 Å². The quantitative estimate of drug-likeness (QED) is 0.368. The van der Waals surface area contributed by atoms with Crippen LogP contribution in [0.5, 0.6) is 5.75 Å². The van der Waals surface area contributed by atoms with Gasteiger partial charge in [0, 0.05) is 19.6 Å². The number of hydrogen-bond donors (Lipinski definition) is 3. The van der Waals surface area contributed by atoms with Crippen LogP contribution in [0.1, 0.15) is 47.1 Å². The molecule has 0 atom stereocenters. The van der Waals surface area contributed by atoms with Crippen molar-refractivity contribution in [2.45, 2.75) is 59.8 Å². The second-order valence-corrected chi connectivity index (χ2v) is 7.36.